The van der Waals surface area contributed by atoms with Crippen LogP contribution in [0.3, 0.4) is 0 Å². The van der Waals surface area contributed by atoms with Crippen molar-refractivity contribution in [3.05, 3.63) is 10.8 Å². The summed E-state index contributed by atoms with van der Waals surface area (Å²) < 4.78 is 0. The maximum absolute atomic E-state index is 2.13. The standard InChI is InChI=1S/C5H11Si/c1-4(2)5(3)6/h6H2,1-3H3. The Kier molecular flexibility index (Phi) is 2.17. The van der Waals surface area contributed by atoms with Gasteiger partial charge in [0.1, 0.15) is 0 Å². The Balaban J connectivity index is 3.68. The van der Waals surface area contributed by atoms with Crippen LogP contribution in [0.15, 0.2) is 10.8 Å². The molecule has 0 nitrogen and oxygen atoms in total. The van der Waals surface area contributed by atoms with E-state index in [4.69, 9.17) is 0 Å². The fourth-order valence-corrected chi connectivity index (χ4v) is 0. The van der Waals surface area contributed by atoms with Crippen LogP contribution in [0.2, 0.25) is 0 Å². The molecule has 0 bridgehead atoms. The van der Waals surface area contributed by atoms with Crippen molar-refractivity contribution in [3.63, 3.8) is 0 Å². The minimum absolute atomic E-state index is 1.44. The molecule has 1 heteroatoms. The van der Waals surface area contributed by atoms with Crippen molar-refractivity contribution >= 4 is 10.2 Å². The number of hydrogen-bond acceptors (Lipinski definition) is 0. The first-order valence-corrected chi connectivity index (χ1v) is 2.81. The van der Waals surface area contributed by atoms with E-state index in [-0.39, 0.29) is 0 Å². The van der Waals surface area contributed by atoms with Crippen LogP contribution in [0, 0.1) is 0 Å². The second-order valence-corrected chi connectivity index (χ2v) is 2.84. The lowest BCUT2D eigenvalue weighted by atomic mass is 10.3. The SMILES string of the molecule is CC(C)=C(C)[SiH2]. The van der Waals surface area contributed by atoms with Crippen LogP contribution < -0.4 is 0 Å². The van der Waals surface area contributed by atoms with Gasteiger partial charge < -0.3 is 0 Å². The van der Waals surface area contributed by atoms with Crippen molar-refractivity contribution in [3.8, 4) is 0 Å². The predicted octanol–water partition coefficient (Wildman–Crippen LogP) is 0.933. The van der Waals surface area contributed by atoms with Crippen LogP contribution in [0.1, 0.15) is 20.8 Å². The van der Waals surface area contributed by atoms with Crippen molar-refractivity contribution in [2.45, 2.75) is 20.8 Å². The zero-order valence-electron chi connectivity index (χ0n) is 4.71. The van der Waals surface area contributed by atoms with E-state index in [1.54, 1.807) is 0 Å². The average molecular weight is 99.2 g/mol. The van der Waals surface area contributed by atoms with E-state index >= 15 is 0 Å². The van der Waals surface area contributed by atoms with Gasteiger partial charge >= 0.3 is 0 Å². The fourth-order valence-electron chi connectivity index (χ4n) is 0. The molecule has 6 heavy (non-hydrogen) atoms. The third-order valence-electron chi connectivity index (χ3n) is 0.854. The van der Waals surface area contributed by atoms with Crippen molar-refractivity contribution in [1.29, 1.82) is 0 Å². The van der Waals surface area contributed by atoms with Gasteiger partial charge in [-0.15, -0.1) is 0 Å². The summed E-state index contributed by atoms with van der Waals surface area (Å²) in [7, 11) is 1.94. The molecule has 0 aliphatic rings. The maximum Gasteiger partial charge on any atom is 0.0417 e. The van der Waals surface area contributed by atoms with E-state index in [1.807, 2.05) is 10.2 Å². The smallest absolute Gasteiger partial charge is 0.0417 e. The predicted molar refractivity (Wildman–Crippen MR) is 32.6 cm³/mol. The van der Waals surface area contributed by atoms with Crippen molar-refractivity contribution in [2.75, 3.05) is 0 Å². The second kappa shape index (κ2) is 2.19. The minimum Gasteiger partial charge on any atom is -0.0951 e. The zero-order valence-corrected chi connectivity index (χ0v) is 6.12. The molecule has 1 radical (unpaired) electrons. The monoisotopic (exact) mass is 99.1 g/mol. The molecule has 0 N–H and O–H groups in total. The first-order chi connectivity index (χ1) is 2.64. The molecule has 0 atom stereocenters. The lowest BCUT2D eigenvalue weighted by molar-refractivity contribution is 1.34. The topological polar surface area (TPSA) is 0 Å². The van der Waals surface area contributed by atoms with Gasteiger partial charge in [-0.2, -0.15) is 0 Å². The molecule has 0 unspecified atom stereocenters. The molecule has 0 fully saturated rings. The molecule has 0 heterocycles. The highest BCUT2D eigenvalue weighted by atomic mass is 28.1. The Labute approximate surface area is 42.7 Å². The van der Waals surface area contributed by atoms with E-state index in [0.717, 1.165) is 0 Å². The normalized spacial score (nSPS) is 8.00. The van der Waals surface area contributed by atoms with Gasteiger partial charge in [0.05, 0.1) is 0 Å². The summed E-state index contributed by atoms with van der Waals surface area (Å²) in [6, 6.07) is 0. The molecule has 0 rings (SSSR count). The van der Waals surface area contributed by atoms with Crippen molar-refractivity contribution in [2.24, 2.45) is 0 Å². The van der Waals surface area contributed by atoms with Gasteiger partial charge in [-0.25, -0.2) is 0 Å². The largest absolute Gasteiger partial charge is 0.0951 e. The van der Waals surface area contributed by atoms with Gasteiger partial charge in [0.25, 0.3) is 0 Å². The maximum atomic E-state index is 2.13. The second-order valence-electron chi connectivity index (χ2n) is 1.78. The Morgan fingerprint density at radius 2 is 1.33 bits per heavy atom. The summed E-state index contributed by atoms with van der Waals surface area (Å²) in [4.78, 5) is 0. The fraction of sp³-hybridized carbons (Fsp3) is 0.600. The molecule has 0 saturated carbocycles. The molecule has 0 aliphatic heterocycles. The Morgan fingerprint density at radius 3 is 1.33 bits per heavy atom. The van der Waals surface area contributed by atoms with E-state index in [0.29, 0.717) is 0 Å². The highest BCUT2D eigenvalue weighted by Crippen LogP contribution is 1.93. The molecule has 0 saturated heterocycles. The van der Waals surface area contributed by atoms with Crippen LogP contribution in [-0.4, -0.2) is 10.2 Å². The Hall–Kier alpha value is -0.0431. The number of rotatable bonds is 0. The van der Waals surface area contributed by atoms with Crippen LogP contribution >= 0.6 is 0 Å². The third kappa shape index (κ3) is 2.21. The van der Waals surface area contributed by atoms with E-state index in [9.17, 15) is 0 Å². The van der Waals surface area contributed by atoms with Crippen LogP contribution in [0.25, 0.3) is 0 Å². The van der Waals surface area contributed by atoms with Gasteiger partial charge in [0.2, 0.25) is 0 Å². The first kappa shape index (κ1) is 5.96. The summed E-state index contributed by atoms with van der Waals surface area (Å²) in [5.41, 5.74) is 1.44. The van der Waals surface area contributed by atoms with Gasteiger partial charge in [-0.05, 0) is 20.8 Å². The van der Waals surface area contributed by atoms with Gasteiger partial charge in [0.15, 0.2) is 0 Å². The van der Waals surface area contributed by atoms with Crippen LogP contribution in [0.4, 0.5) is 0 Å². The molecular weight excluding hydrogens is 88.1 g/mol. The van der Waals surface area contributed by atoms with Crippen LogP contribution in [0.5, 0.6) is 0 Å². The summed E-state index contributed by atoms with van der Waals surface area (Å²) in [6.45, 7) is 6.39. The summed E-state index contributed by atoms with van der Waals surface area (Å²) in [6.07, 6.45) is 0. The van der Waals surface area contributed by atoms with Gasteiger partial charge in [-0.3, -0.25) is 0 Å². The van der Waals surface area contributed by atoms with Crippen molar-refractivity contribution in [1.82, 2.24) is 0 Å². The highest BCUT2D eigenvalue weighted by Gasteiger charge is 1.75. The number of hydrogen-bond donors (Lipinski definition) is 0. The highest BCUT2D eigenvalue weighted by molar-refractivity contribution is 6.21. The first-order valence-electron chi connectivity index (χ1n) is 2.10. The molecule has 0 aromatic heterocycles. The molecule has 0 aliphatic carbocycles. The summed E-state index contributed by atoms with van der Waals surface area (Å²) >= 11 is 0. The zero-order chi connectivity index (χ0) is 5.15. The molecule has 0 amide bonds. The van der Waals surface area contributed by atoms with Gasteiger partial charge in [-0.1, -0.05) is 10.8 Å². The summed E-state index contributed by atoms with van der Waals surface area (Å²) in [5, 5.41) is 1.45. The van der Waals surface area contributed by atoms with Crippen LogP contribution in [-0.2, 0) is 0 Å². The third-order valence-corrected chi connectivity index (χ3v) is 1.56. The lowest BCUT2D eigenvalue weighted by Crippen LogP contribution is -1.73. The summed E-state index contributed by atoms with van der Waals surface area (Å²) in [5.74, 6) is 0. The van der Waals surface area contributed by atoms with E-state index < -0.39 is 0 Å². The van der Waals surface area contributed by atoms with E-state index in [2.05, 4.69) is 20.8 Å². The van der Waals surface area contributed by atoms with E-state index in [1.165, 1.54) is 10.8 Å². The molecule has 0 aromatic rings. The lowest BCUT2D eigenvalue weighted by Gasteiger charge is -1.88. The molecular formula is C5H11Si. The van der Waals surface area contributed by atoms with Crippen molar-refractivity contribution < 1.29 is 0 Å². The molecule has 35 valence electrons. The Morgan fingerprint density at radius 1 is 1.17 bits per heavy atom. The average Bonchev–Trinajstić information content (AvgIpc) is 1.36. The number of allylic oxidation sites excluding steroid dienone is 2. The quantitative estimate of drug-likeness (QED) is 0.396. The Bertz CT molecular complexity index is 54.0. The molecule has 0 aromatic carbocycles. The minimum atomic E-state index is 1.44. The van der Waals surface area contributed by atoms with Gasteiger partial charge in [0, 0.05) is 10.2 Å². The molecule has 0 spiro atoms.